The van der Waals surface area contributed by atoms with E-state index < -0.39 is 11.9 Å². The van der Waals surface area contributed by atoms with Crippen molar-refractivity contribution in [1.29, 1.82) is 0 Å². The first-order chi connectivity index (χ1) is 8.44. The van der Waals surface area contributed by atoms with Crippen LogP contribution in [-0.4, -0.2) is 24.0 Å². The Kier molecular flexibility index (Phi) is 3.28. The van der Waals surface area contributed by atoms with Gasteiger partial charge in [0, 0.05) is 6.42 Å². The molecule has 0 N–H and O–H groups in total. The highest BCUT2D eigenvalue weighted by Crippen LogP contribution is 2.35. The number of hydrogen-bond donors (Lipinski definition) is 0. The van der Waals surface area contributed by atoms with Gasteiger partial charge in [-0.05, 0) is 39.3 Å². The van der Waals surface area contributed by atoms with Crippen LogP contribution in [0.3, 0.4) is 0 Å². The van der Waals surface area contributed by atoms with Crippen LogP contribution in [-0.2, 0) is 19.1 Å². The van der Waals surface area contributed by atoms with Crippen molar-refractivity contribution in [2.24, 2.45) is 5.92 Å². The highest BCUT2D eigenvalue weighted by Gasteiger charge is 2.38. The summed E-state index contributed by atoms with van der Waals surface area (Å²) in [6.45, 7) is 5.92. The minimum atomic E-state index is -0.668. The van der Waals surface area contributed by atoms with Crippen molar-refractivity contribution in [3.05, 3.63) is 23.5 Å². The summed E-state index contributed by atoms with van der Waals surface area (Å²) < 4.78 is 10.7. The third-order valence-electron chi connectivity index (χ3n) is 3.15. The van der Waals surface area contributed by atoms with E-state index in [4.69, 9.17) is 9.47 Å². The number of ketones is 1. The van der Waals surface area contributed by atoms with Gasteiger partial charge in [-0.1, -0.05) is 0 Å². The number of rotatable bonds is 2. The van der Waals surface area contributed by atoms with Crippen LogP contribution in [0.25, 0.3) is 0 Å². The van der Waals surface area contributed by atoms with Crippen molar-refractivity contribution in [1.82, 2.24) is 0 Å². The molecule has 0 spiro atoms. The Balaban J connectivity index is 2.20. The quantitative estimate of drug-likeness (QED) is 0.556. The van der Waals surface area contributed by atoms with E-state index in [2.05, 4.69) is 0 Å². The lowest BCUT2D eigenvalue weighted by Gasteiger charge is -2.33. The van der Waals surface area contributed by atoms with Gasteiger partial charge < -0.3 is 9.47 Å². The first kappa shape index (κ1) is 12.9. The highest BCUT2D eigenvalue weighted by molar-refractivity contribution is 6.10. The van der Waals surface area contributed by atoms with E-state index >= 15 is 0 Å². The van der Waals surface area contributed by atoms with Crippen LogP contribution in [0.2, 0.25) is 0 Å². The monoisotopic (exact) mass is 250 g/mol. The van der Waals surface area contributed by atoms with Gasteiger partial charge in [-0.2, -0.15) is 0 Å². The summed E-state index contributed by atoms with van der Waals surface area (Å²) in [5.41, 5.74) is 0.147. The molecular weight excluding hydrogens is 232 g/mol. The van der Waals surface area contributed by atoms with E-state index in [0.717, 1.165) is 0 Å². The second kappa shape index (κ2) is 4.59. The van der Waals surface area contributed by atoms with Crippen LogP contribution in [0.4, 0.5) is 0 Å². The van der Waals surface area contributed by atoms with Crippen LogP contribution in [0.1, 0.15) is 33.6 Å². The molecule has 0 aromatic heterocycles. The largest absolute Gasteiger partial charge is 0.487 e. The lowest BCUT2D eigenvalue weighted by Crippen LogP contribution is -2.35. The zero-order chi connectivity index (χ0) is 13.3. The molecule has 0 amide bonds. The fourth-order valence-corrected chi connectivity index (χ4v) is 2.25. The molecule has 0 bridgehead atoms. The molecule has 1 unspecified atom stereocenters. The van der Waals surface area contributed by atoms with E-state index in [9.17, 15) is 9.59 Å². The summed E-state index contributed by atoms with van der Waals surface area (Å²) >= 11 is 0. The fourth-order valence-electron chi connectivity index (χ4n) is 2.25. The smallest absolute Gasteiger partial charge is 0.316 e. The average molecular weight is 250 g/mol. The van der Waals surface area contributed by atoms with E-state index in [1.165, 1.54) is 0 Å². The normalized spacial score (nSPS) is 25.5. The van der Waals surface area contributed by atoms with Gasteiger partial charge in [-0.25, -0.2) is 0 Å². The minimum absolute atomic E-state index is 0.179. The number of allylic oxidation sites excluding steroid dienone is 3. The molecule has 0 radical (unpaired) electrons. The van der Waals surface area contributed by atoms with E-state index in [-0.39, 0.29) is 11.4 Å². The van der Waals surface area contributed by atoms with Crippen molar-refractivity contribution < 1.29 is 19.1 Å². The van der Waals surface area contributed by atoms with Crippen LogP contribution >= 0.6 is 0 Å². The van der Waals surface area contributed by atoms with Gasteiger partial charge in [0.25, 0.3) is 0 Å². The maximum Gasteiger partial charge on any atom is 0.316 e. The summed E-state index contributed by atoms with van der Waals surface area (Å²) in [6.07, 6.45) is 4.70. The summed E-state index contributed by atoms with van der Waals surface area (Å²) in [4.78, 5) is 23.9. The lowest BCUT2D eigenvalue weighted by atomic mass is 9.84. The van der Waals surface area contributed by atoms with Gasteiger partial charge in [0.2, 0.25) is 0 Å². The van der Waals surface area contributed by atoms with Crippen LogP contribution in [0.5, 0.6) is 0 Å². The van der Waals surface area contributed by atoms with Crippen LogP contribution in [0.15, 0.2) is 23.5 Å². The van der Waals surface area contributed by atoms with Gasteiger partial charge in [0.15, 0.2) is 5.78 Å². The van der Waals surface area contributed by atoms with Gasteiger partial charge in [0.05, 0.1) is 12.2 Å². The molecule has 18 heavy (non-hydrogen) atoms. The first-order valence-corrected chi connectivity index (χ1v) is 6.27. The number of esters is 1. The highest BCUT2D eigenvalue weighted by atomic mass is 16.5. The maximum atomic E-state index is 12.2. The first-order valence-electron chi connectivity index (χ1n) is 6.27. The Morgan fingerprint density at radius 2 is 2.28 bits per heavy atom. The van der Waals surface area contributed by atoms with Crippen LogP contribution in [0, 0.1) is 5.92 Å². The zero-order valence-corrected chi connectivity index (χ0v) is 11.0. The van der Waals surface area contributed by atoms with Gasteiger partial charge in [-0.15, -0.1) is 0 Å². The molecule has 0 fully saturated rings. The summed E-state index contributed by atoms with van der Waals surface area (Å²) in [6, 6.07) is 0. The molecular formula is C14H18O4. The summed E-state index contributed by atoms with van der Waals surface area (Å²) in [5.74, 6) is -0.569. The number of ether oxygens (including phenoxy) is 2. The molecule has 4 nitrogen and oxygen atoms in total. The standard InChI is InChI=1S/C14H18O4/c1-4-17-13(16)10-5-6-11-9(12(10)15)7-8-14(2,3)18-11/h7-8,10H,4-6H2,1-3H3. The zero-order valence-electron chi connectivity index (χ0n) is 11.0. The number of hydrogen-bond acceptors (Lipinski definition) is 4. The predicted molar refractivity (Wildman–Crippen MR) is 65.7 cm³/mol. The second-order valence-corrected chi connectivity index (χ2v) is 5.08. The molecule has 1 atom stereocenters. The molecule has 2 rings (SSSR count). The molecule has 0 aromatic carbocycles. The molecule has 0 saturated heterocycles. The summed E-state index contributed by atoms with van der Waals surface area (Å²) in [7, 11) is 0. The molecule has 0 aromatic rings. The molecule has 1 heterocycles. The maximum absolute atomic E-state index is 12.2. The number of carbonyl (C=O) groups is 2. The van der Waals surface area contributed by atoms with Gasteiger partial charge >= 0.3 is 5.97 Å². The van der Waals surface area contributed by atoms with E-state index in [0.29, 0.717) is 30.8 Å². The van der Waals surface area contributed by atoms with Gasteiger partial charge in [-0.3, -0.25) is 9.59 Å². The molecule has 2 aliphatic rings. The van der Waals surface area contributed by atoms with Crippen LogP contribution < -0.4 is 0 Å². The molecule has 1 aliphatic heterocycles. The molecule has 98 valence electrons. The molecule has 1 aliphatic carbocycles. The Bertz CT molecular complexity index is 443. The topological polar surface area (TPSA) is 52.6 Å². The Hall–Kier alpha value is -1.58. The van der Waals surface area contributed by atoms with Crippen molar-refractivity contribution in [3.63, 3.8) is 0 Å². The van der Waals surface area contributed by atoms with Crippen molar-refractivity contribution >= 4 is 11.8 Å². The Morgan fingerprint density at radius 1 is 1.56 bits per heavy atom. The van der Waals surface area contributed by atoms with Crippen molar-refractivity contribution in [2.45, 2.75) is 39.2 Å². The third kappa shape index (κ3) is 2.33. The SMILES string of the molecule is CCOC(=O)C1CCC2=C(C=CC(C)(C)O2)C1=O. The minimum Gasteiger partial charge on any atom is -0.487 e. The summed E-state index contributed by atoms with van der Waals surface area (Å²) in [5, 5.41) is 0. The lowest BCUT2D eigenvalue weighted by molar-refractivity contribution is -0.151. The fraction of sp³-hybridized carbons (Fsp3) is 0.571. The average Bonchev–Trinajstić information content (AvgIpc) is 2.28. The molecule has 0 saturated carbocycles. The second-order valence-electron chi connectivity index (χ2n) is 5.08. The number of carbonyl (C=O) groups excluding carboxylic acids is 2. The molecule has 4 heteroatoms. The third-order valence-corrected chi connectivity index (χ3v) is 3.15. The van der Waals surface area contributed by atoms with E-state index in [1.54, 1.807) is 13.0 Å². The van der Waals surface area contributed by atoms with Gasteiger partial charge in [0.1, 0.15) is 17.3 Å². The number of Topliss-reactive ketones (excluding diaryl/α,β-unsaturated/α-hetero) is 1. The van der Waals surface area contributed by atoms with Crippen molar-refractivity contribution in [2.75, 3.05) is 6.61 Å². The van der Waals surface area contributed by atoms with E-state index in [1.807, 2.05) is 19.9 Å². The Labute approximate surface area is 107 Å². The predicted octanol–water partition coefficient (Wildman–Crippen LogP) is 2.15. The van der Waals surface area contributed by atoms with Crippen molar-refractivity contribution in [3.8, 4) is 0 Å². The Morgan fingerprint density at radius 3 is 2.94 bits per heavy atom.